The van der Waals surface area contributed by atoms with Crippen molar-refractivity contribution in [2.75, 3.05) is 13.6 Å². The molecule has 0 aliphatic rings. The van der Waals surface area contributed by atoms with Crippen LogP contribution >= 0.6 is 0 Å². The van der Waals surface area contributed by atoms with Crippen molar-refractivity contribution in [3.05, 3.63) is 48.4 Å². The predicted molar refractivity (Wildman–Crippen MR) is 84.4 cm³/mol. The first kappa shape index (κ1) is 16.6. The van der Waals surface area contributed by atoms with E-state index in [1.807, 2.05) is 19.9 Å². The van der Waals surface area contributed by atoms with Crippen molar-refractivity contribution in [2.24, 2.45) is 0 Å². The normalized spacial score (nSPS) is 12.0. The molecule has 0 aliphatic carbocycles. The third kappa shape index (κ3) is 4.11. The molecular formula is C16H21NO4S. The van der Waals surface area contributed by atoms with Crippen LogP contribution in [0, 0.1) is 0 Å². The molecule has 0 fully saturated rings. The SMILES string of the molecule is CC(C)Oc1ccc(S(=O)(=O)N(C)CCc2ccco2)cc1. The summed E-state index contributed by atoms with van der Waals surface area (Å²) in [6.07, 6.45) is 2.17. The average Bonchev–Trinajstić information content (AvgIpc) is 2.98. The number of hydrogen-bond acceptors (Lipinski definition) is 4. The monoisotopic (exact) mass is 323 g/mol. The van der Waals surface area contributed by atoms with E-state index in [4.69, 9.17) is 9.15 Å². The number of benzene rings is 1. The maximum absolute atomic E-state index is 12.5. The predicted octanol–water partition coefficient (Wildman–Crippen LogP) is 2.93. The Bertz CT molecular complexity index is 675. The Morgan fingerprint density at radius 2 is 1.86 bits per heavy atom. The van der Waals surface area contributed by atoms with Crippen molar-refractivity contribution in [1.82, 2.24) is 4.31 Å². The van der Waals surface area contributed by atoms with Gasteiger partial charge in [-0.3, -0.25) is 0 Å². The fraction of sp³-hybridized carbons (Fsp3) is 0.375. The van der Waals surface area contributed by atoms with Crippen LogP contribution in [0.25, 0.3) is 0 Å². The largest absolute Gasteiger partial charge is 0.491 e. The Hall–Kier alpha value is -1.79. The average molecular weight is 323 g/mol. The first-order chi connectivity index (χ1) is 10.4. The van der Waals surface area contributed by atoms with Gasteiger partial charge < -0.3 is 9.15 Å². The fourth-order valence-electron chi connectivity index (χ4n) is 1.98. The second-order valence-corrected chi connectivity index (χ2v) is 7.34. The van der Waals surface area contributed by atoms with E-state index in [1.165, 1.54) is 4.31 Å². The van der Waals surface area contributed by atoms with Crippen molar-refractivity contribution in [1.29, 1.82) is 0 Å². The topological polar surface area (TPSA) is 59.8 Å². The first-order valence-electron chi connectivity index (χ1n) is 7.15. The summed E-state index contributed by atoms with van der Waals surface area (Å²) in [6, 6.07) is 10.1. The Morgan fingerprint density at radius 1 is 1.18 bits per heavy atom. The summed E-state index contributed by atoms with van der Waals surface area (Å²) in [4.78, 5) is 0.255. The van der Waals surface area contributed by atoms with Gasteiger partial charge in [-0.15, -0.1) is 0 Å². The van der Waals surface area contributed by atoms with E-state index in [0.29, 0.717) is 18.7 Å². The van der Waals surface area contributed by atoms with E-state index < -0.39 is 10.0 Å². The Balaban J connectivity index is 2.05. The molecule has 1 aromatic heterocycles. The number of ether oxygens (including phenoxy) is 1. The van der Waals surface area contributed by atoms with Gasteiger partial charge in [-0.05, 0) is 50.2 Å². The highest BCUT2D eigenvalue weighted by atomic mass is 32.2. The molecule has 6 heteroatoms. The number of hydrogen-bond donors (Lipinski definition) is 0. The molecule has 2 aromatic rings. The van der Waals surface area contributed by atoms with Gasteiger partial charge in [0.2, 0.25) is 10.0 Å². The Morgan fingerprint density at radius 3 is 2.41 bits per heavy atom. The molecule has 2 rings (SSSR count). The number of rotatable bonds is 7. The van der Waals surface area contributed by atoms with Crippen LogP contribution < -0.4 is 4.74 Å². The zero-order valence-corrected chi connectivity index (χ0v) is 13.8. The zero-order chi connectivity index (χ0) is 16.2. The summed E-state index contributed by atoms with van der Waals surface area (Å²) in [6.45, 7) is 4.21. The Labute approximate surface area is 131 Å². The van der Waals surface area contributed by atoms with E-state index in [2.05, 4.69) is 0 Å². The molecule has 1 heterocycles. The van der Waals surface area contributed by atoms with Crippen molar-refractivity contribution in [3.8, 4) is 5.75 Å². The number of furan rings is 1. The van der Waals surface area contributed by atoms with Crippen LogP contribution in [0.4, 0.5) is 0 Å². The highest BCUT2D eigenvalue weighted by molar-refractivity contribution is 7.89. The van der Waals surface area contributed by atoms with Crippen molar-refractivity contribution in [3.63, 3.8) is 0 Å². The second-order valence-electron chi connectivity index (χ2n) is 5.29. The van der Waals surface area contributed by atoms with Gasteiger partial charge in [0.15, 0.2) is 0 Å². The van der Waals surface area contributed by atoms with Crippen LogP contribution in [0.15, 0.2) is 52.0 Å². The lowest BCUT2D eigenvalue weighted by molar-refractivity contribution is 0.242. The minimum atomic E-state index is -3.50. The Kier molecular flexibility index (Phi) is 5.26. The minimum absolute atomic E-state index is 0.0541. The molecule has 0 aliphatic heterocycles. The molecule has 0 saturated heterocycles. The highest BCUT2D eigenvalue weighted by Gasteiger charge is 2.20. The van der Waals surface area contributed by atoms with Gasteiger partial charge in [0, 0.05) is 20.0 Å². The molecule has 0 amide bonds. The molecule has 0 N–H and O–H groups in total. The van der Waals surface area contributed by atoms with Gasteiger partial charge in [0.05, 0.1) is 17.3 Å². The van der Waals surface area contributed by atoms with Gasteiger partial charge in [-0.2, -0.15) is 0 Å². The summed E-state index contributed by atoms with van der Waals surface area (Å²) in [5.41, 5.74) is 0. The quantitative estimate of drug-likeness (QED) is 0.786. The molecule has 0 unspecified atom stereocenters. The molecule has 0 spiro atoms. The summed E-state index contributed by atoms with van der Waals surface area (Å²) >= 11 is 0. The molecule has 0 radical (unpaired) electrons. The number of likely N-dealkylation sites (N-methyl/N-ethyl adjacent to an activating group) is 1. The maximum atomic E-state index is 12.5. The van der Waals surface area contributed by atoms with Gasteiger partial charge in [-0.1, -0.05) is 0 Å². The van der Waals surface area contributed by atoms with E-state index in [-0.39, 0.29) is 11.0 Å². The van der Waals surface area contributed by atoms with Crippen LogP contribution in [0.2, 0.25) is 0 Å². The van der Waals surface area contributed by atoms with Crippen LogP contribution in [0.1, 0.15) is 19.6 Å². The second kappa shape index (κ2) is 6.98. The first-order valence-corrected chi connectivity index (χ1v) is 8.59. The fourth-order valence-corrected chi connectivity index (χ4v) is 3.16. The molecule has 22 heavy (non-hydrogen) atoms. The van der Waals surface area contributed by atoms with Crippen LogP contribution in [-0.4, -0.2) is 32.4 Å². The number of nitrogens with zero attached hydrogens (tertiary/aromatic N) is 1. The van der Waals surface area contributed by atoms with Crippen LogP contribution in [0.5, 0.6) is 5.75 Å². The smallest absolute Gasteiger partial charge is 0.242 e. The summed E-state index contributed by atoms with van der Waals surface area (Å²) in [5, 5.41) is 0. The maximum Gasteiger partial charge on any atom is 0.242 e. The molecule has 1 aromatic carbocycles. The van der Waals surface area contributed by atoms with Crippen LogP contribution in [-0.2, 0) is 16.4 Å². The third-order valence-electron chi connectivity index (χ3n) is 3.16. The standard InChI is InChI=1S/C16H21NO4S/c1-13(2)21-15-6-8-16(9-7-15)22(18,19)17(3)11-10-14-5-4-12-20-14/h4-9,12-13H,10-11H2,1-3H3. The van der Waals surface area contributed by atoms with E-state index in [0.717, 1.165) is 5.76 Å². The zero-order valence-electron chi connectivity index (χ0n) is 13.0. The molecular weight excluding hydrogens is 302 g/mol. The van der Waals surface area contributed by atoms with Crippen molar-refractivity contribution < 1.29 is 17.6 Å². The molecule has 0 atom stereocenters. The van der Waals surface area contributed by atoms with Crippen molar-refractivity contribution >= 4 is 10.0 Å². The van der Waals surface area contributed by atoms with E-state index >= 15 is 0 Å². The van der Waals surface area contributed by atoms with Gasteiger partial charge in [-0.25, -0.2) is 12.7 Å². The third-order valence-corrected chi connectivity index (χ3v) is 5.03. The van der Waals surface area contributed by atoms with Crippen molar-refractivity contribution in [2.45, 2.75) is 31.3 Å². The van der Waals surface area contributed by atoms with Gasteiger partial charge >= 0.3 is 0 Å². The van der Waals surface area contributed by atoms with E-state index in [9.17, 15) is 8.42 Å². The number of sulfonamides is 1. The molecule has 120 valence electrons. The lowest BCUT2D eigenvalue weighted by atomic mass is 10.3. The summed E-state index contributed by atoms with van der Waals surface area (Å²) in [5.74, 6) is 1.43. The summed E-state index contributed by atoms with van der Waals surface area (Å²) < 4.78 is 37.0. The minimum Gasteiger partial charge on any atom is -0.491 e. The van der Waals surface area contributed by atoms with Gasteiger partial charge in [0.1, 0.15) is 11.5 Å². The molecule has 0 saturated carbocycles. The molecule has 0 bridgehead atoms. The summed E-state index contributed by atoms with van der Waals surface area (Å²) in [7, 11) is -1.94. The highest BCUT2D eigenvalue weighted by Crippen LogP contribution is 2.20. The molecule has 5 nitrogen and oxygen atoms in total. The lowest BCUT2D eigenvalue weighted by Gasteiger charge is -2.17. The van der Waals surface area contributed by atoms with E-state index in [1.54, 1.807) is 43.6 Å². The lowest BCUT2D eigenvalue weighted by Crippen LogP contribution is -2.29. The van der Waals surface area contributed by atoms with Crippen LogP contribution in [0.3, 0.4) is 0 Å². The van der Waals surface area contributed by atoms with Gasteiger partial charge in [0.25, 0.3) is 0 Å².